The summed E-state index contributed by atoms with van der Waals surface area (Å²) in [5.74, 6) is -0.631. The van der Waals surface area contributed by atoms with Gasteiger partial charge in [-0.1, -0.05) is 34.1 Å². The lowest BCUT2D eigenvalue weighted by Gasteiger charge is -2.14. The lowest BCUT2D eigenvalue weighted by molar-refractivity contribution is -0.123. The van der Waals surface area contributed by atoms with E-state index in [0.29, 0.717) is 11.4 Å². The number of rotatable bonds is 8. The van der Waals surface area contributed by atoms with E-state index < -0.39 is 18.0 Å². The Hall–Kier alpha value is -3.46. The van der Waals surface area contributed by atoms with Crippen molar-refractivity contribution < 1.29 is 19.1 Å². The van der Waals surface area contributed by atoms with Crippen molar-refractivity contribution >= 4 is 33.5 Å². The third kappa shape index (κ3) is 6.51. The van der Waals surface area contributed by atoms with Gasteiger partial charge in [-0.15, -0.1) is 0 Å². The number of nitrogens with zero attached hydrogens (tertiary/aromatic N) is 2. The molecule has 0 bridgehead atoms. The zero-order valence-corrected chi connectivity index (χ0v) is 18.2. The molecule has 0 aliphatic carbocycles. The molecule has 1 heterocycles. The van der Waals surface area contributed by atoms with Crippen LogP contribution in [0.25, 0.3) is 0 Å². The first-order valence-electron chi connectivity index (χ1n) is 9.46. The maximum absolute atomic E-state index is 12.4. The van der Waals surface area contributed by atoms with Crippen LogP contribution in [0, 0.1) is 0 Å². The predicted octanol–water partition coefficient (Wildman–Crippen LogP) is 3.27. The molecule has 0 spiro atoms. The van der Waals surface area contributed by atoms with Gasteiger partial charge >= 0.3 is 5.97 Å². The molecule has 1 unspecified atom stereocenters. The number of ether oxygens (including phenoxy) is 2. The number of anilines is 1. The molecule has 0 saturated carbocycles. The molecule has 0 saturated heterocycles. The van der Waals surface area contributed by atoms with Gasteiger partial charge in [0.25, 0.3) is 11.5 Å². The highest BCUT2D eigenvalue weighted by molar-refractivity contribution is 9.10. The summed E-state index contributed by atoms with van der Waals surface area (Å²) in [6, 6.07) is 18.6. The number of para-hydroxylation sites is 1. The fraction of sp³-hybridized carbons (Fsp3) is 0.182. The van der Waals surface area contributed by atoms with Crippen molar-refractivity contribution in [2.75, 3.05) is 11.9 Å². The van der Waals surface area contributed by atoms with Gasteiger partial charge in [0.15, 0.2) is 11.8 Å². The van der Waals surface area contributed by atoms with E-state index in [4.69, 9.17) is 9.47 Å². The predicted molar refractivity (Wildman–Crippen MR) is 118 cm³/mol. The molecule has 0 fully saturated rings. The third-order valence-corrected chi connectivity index (χ3v) is 4.68. The Morgan fingerprint density at radius 1 is 1.06 bits per heavy atom. The molecule has 1 N–H and O–H groups in total. The van der Waals surface area contributed by atoms with E-state index in [1.165, 1.54) is 19.1 Å². The van der Waals surface area contributed by atoms with Crippen LogP contribution in [-0.4, -0.2) is 34.4 Å². The SMILES string of the molecule is CC(OC(=O)c1ccc(=O)n(CCOc2ccccc2)n1)C(=O)Nc1ccc(Br)cc1. The first-order chi connectivity index (χ1) is 14.9. The molecule has 0 aliphatic rings. The molecule has 31 heavy (non-hydrogen) atoms. The quantitative estimate of drug-likeness (QED) is 0.491. The van der Waals surface area contributed by atoms with Gasteiger partial charge in [-0.3, -0.25) is 9.59 Å². The minimum atomic E-state index is -1.06. The van der Waals surface area contributed by atoms with Gasteiger partial charge in [0.1, 0.15) is 12.4 Å². The van der Waals surface area contributed by atoms with Crippen LogP contribution in [0.2, 0.25) is 0 Å². The van der Waals surface area contributed by atoms with Gasteiger partial charge < -0.3 is 14.8 Å². The van der Waals surface area contributed by atoms with Crippen LogP contribution in [0.5, 0.6) is 5.75 Å². The number of hydrogen-bond acceptors (Lipinski definition) is 6. The summed E-state index contributed by atoms with van der Waals surface area (Å²) in [5, 5.41) is 6.68. The van der Waals surface area contributed by atoms with Crippen molar-refractivity contribution in [2.45, 2.75) is 19.6 Å². The number of aromatic nitrogens is 2. The van der Waals surface area contributed by atoms with Crippen molar-refractivity contribution in [3.8, 4) is 5.75 Å². The minimum absolute atomic E-state index is 0.0809. The van der Waals surface area contributed by atoms with Crippen LogP contribution < -0.4 is 15.6 Å². The molecule has 0 aliphatic heterocycles. The molecule has 1 atom stereocenters. The number of benzene rings is 2. The van der Waals surface area contributed by atoms with Gasteiger partial charge in [0, 0.05) is 16.2 Å². The zero-order chi connectivity index (χ0) is 22.2. The molecule has 1 amide bonds. The first-order valence-corrected chi connectivity index (χ1v) is 10.2. The van der Waals surface area contributed by atoms with Crippen molar-refractivity contribution in [1.82, 2.24) is 9.78 Å². The molecular weight excluding hydrogens is 466 g/mol. The largest absolute Gasteiger partial charge is 0.492 e. The highest BCUT2D eigenvalue weighted by Gasteiger charge is 2.20. The normalized spacial score (nSPS) is 11.4. The van der Waals surface area contributed by atoms with Gasteiger partial charge in [-0.2, -0.15) is 5.10 Å². The van der Waals surface area contributed by atoms with E-state index in [1.807, 2.05) is 18.2 Å². The van der Waals surface area contributed by atoms with Gasteiger partial charge in [0.2, 0.25) is 0 Å². The van der Waals surface area contributed by atoms with E-state index >= 15 is 0 Å². The van der Waals surface area contributed by atoms with Crippen LogP contribution in [0.15, 0.2) is 76.0 Å². The number of halogens is 1. The van der Waals surface area contributed by atoms with Crippen LogP contribution in [0.3, 0.4) is 0 Å². The number of carbonyl (C=O) groups excluding carboxylic acids is 2. The Morgan fingerprint density at radius 3 is 2.48 bits per heavy atom. The van der Waals surface area contributed by atoms with E-state index in [2.05, 4.69) is 26.3 Å². The number of nitrogens with one attached hydrogen (secondary N) is 1. The molecule has 160 valence electrons. The average Bonchev–Trinajstić information content (AvgIpc) is 2.77. The van der Waals surface area contributed by atoms with Gasteiger partial charge in [-0.05, 0) is 49.4 Å². The van der Waals surface area contributed by atoms with Crippen molar-refractivity contribution in [1.29, 1.82) is 0 Å². The molecule has 3 rings (SSSR count). The number of hydrogen-bond donors (Lipinski definition) is 1. The summed E-state index contributed by atoms with van der Waals surface area (Å²) in [5.41, 5.74) is 0.109. The molecule has 8 nitrogen and oxygen atoms in total. The van der Waals surface area contributed by atoms with E-state index in [9.17, 15) is 14.4 Å². The maximum Gasteiger partial charge on any atom is 0.359 e. The van der Waals surface area contributed by atoms with Gasteiger partial charge in [-0.25, -0.2) is 9.48 Å². The second-order valence-corrected chi connectivity index (χ2v) is 7.40. The van der Waals surface area contributed by atoms with Crippen LogP contribution in [0.4, 0.5) is 5.69 Å². The molecule has 9 heteroatoms. The molecule has 3 aromatic rings. The lowest BCUT2D eigenvalue weighted by atomic mass is 10.3. The maximum atomic E-state index is 12.4. The number of carbonyl (C=O) groups is 2. The van der Waals surface area contributed by atoms with Crippen LogP contribution in [-0.2, 0) is 16.1 Å². The van der Waals surface area contributed by atoms with Crippen molar-refractivity contribution in [3.05, 3.63) is 87.3 Å². The highest BCUT2D eigenvalue weighted by Crippen LogP contribution is 2.14. The Balaban J connectivity index is 1.57. The smallest absolute Gasteiger partial charge is 0.359 e. The molecular formula is C22H20BrN3O5. The highest BCUT2D eigenvalue weighted by atomic mass is 79.9. The second-order valence-electron chi connectivity index (χ2n) is 6.49. The lowest BCUT2D eigenvalue weighted by Crippen LogP contribution is -2.32. The summed E-state index contributed by atoms with van der Waals surface area (Å²) in [6.45, 7) is 1.80. The number of esters is 1. The summed E-state index contributed by atoms with van der Waals surface area (Å²) >= 11 is 3.32. The minimum Gasteiger partial charge on any atom is -0.492 e. The Labute approximate surface area is 186 Å². The van der Waals surface area contributed by atoms with Crippen LogP contribution >= 0.6 is 15.9 Å². The Morgan fingerprint density at radius 2 is 1.77 bits per heavy atom. The zero-order valence-electron chi connectivity index (χ0n) is 16.7. The fourth-order valence-electron chi connectivity index (χ4n) is 2.54. The average molecular weight is 486 g/mol. The summed E-state index contributed by atoms with van der Waals surface area (Å²) in [6.07, 6.45) is -1.06. The number of amides is 1. The Kier molecular flexibility index (Phi) is 7.55. The molecule has 2 aromatic carbocycles. The molecule has 1 aromatic heterocycles. The van der Waals surface area contributed by atoms with E-state index in [1.54, 1.807) is 36.4 Å². The van der Waals surface area contributed by atoms with E-state index in [0.717, 1.165) is 9.15 Å². The topological polar surface area (TPSA) is 99.5 Å². The second kappa shape index (κ2) is 10.5. The van der Waals surface area contributed by atoms with Crippen molar-refractivity contribution in [3.63, 3.8) is 0 Å². The standard InChI is InChI=1S/C22H20BrN3O5/c1-15(21(28)24-17-9-7-16(23)8-10-17)31-22(29)19-11-12-20(27)26(25-19)13-14-30-18-5-3-2-4-6-18/h2-12,15H,13-14H2,1H3,(H,24,28). The fourth-order valence-corrected chi connectivity index (χ4v) is 2.80. The van der Waals surface area contributed by atoms with E-state index in [-0.39, 0.29) is 24.4 Å². The monoisotopic (exact) mass is 485 g/mol. The summed E-state index contributed by atoms with van der Waals surface area (Å²) < 4.78 is 12.7. The Bertz CT molecular complexity index is 1100. The molecule has 0 radical (unpaired) electrons. The van der Waals surface area contributed by atoms with Crippen molar-refractivity contribution in [2.24, 2.45) is 0 Å². The van der Waals surface area contributed by atoms with Gasteiger partial charge in [0.05, 0.1) is 6.54 Å². The first kappa shape index (κ1) is 22.2. The summed E-state index contributed by atoms with van der Waals surface area (Å²) in [4.78, 5) is 36.7. The summed E-state index contributed by atoms with van der Waals surface area (Å²) in [7, 11) is 0. The third-order valence-electron chi connectivity index (χ3n) is 4.16. The van der Waals surface area contributed by atoms with Crippen LogP contribution in [0.1, 0.15) is 17.4 Å².